The van der Waals surface area contributed by atoms with Crippen LogP contribution < -0.4 is 0 Å². The standard InChI is InChI=1S/C45H29NO2.C16H15N/c1-27(2)28-11-8-12-29(25-28)32-16-9-18-35-36-19-10-17-33(44(36)48-43(32)35)30-21-22-38-40(26-30)46(31-13-4-3-5-14-31)39-24-23-37-34-15-6-7-20-41(34)47-45(37)42(38)39;1-13(15-9-5-3-6-10-15)17-14(2)16-11-7-4-8-12-16/h3-26H,1H2,2H3;3-12H,1H2,2H3. The third-order valence-corrected chi connectivity index (χ3v) is 12.4. The first kappa shape index (κ1) is 39.4. The molecule has 310 valence electrons. The second-order valence-electron chi connectivity index (χ2n) is 16.5. The number of fused-ring (bicyclic) bond motifs is 10. The van der Waals surface area contributed by atoms with E-state index in [1.165, 1.54) is 0 Å². The van der Waals surface area contributed by atoms with Gasteiger partial charge >= 0.3 is 0 Å². The molecule has 4 heteroatoms. The van der Waals surface area contributed by atoms with Crippen LogP contribution in [0.3, 0.4) is 0 Å². The maximum atomic E-state index is 6.86. The zero-order valence-electron chi connectivity index (χ0n) is 36.3. The first-order valence-electron chi connectivity index (χ1n) is 21.9. The van der Waals surface area contributed by atoms with E-state index >= 15 is 0 Å². The average molecular weight is 837 g/mol. The molecule has 0 bridgehead atoms. The predicted molar refractivity (Wildman–Crippen MR) is 275 cm³/mol. The highest BCUT2D eigenvalue weighted by Gasteiger charge is 2.21. The molecule has 0 radical (unpaired) electrons. The first-order chi connectivity index (χ1) is 31.9. The Morgan fingerprint density at radius 3 is 1.68 bits per heavy atom. The van der Waals surface area contributed by atoms with E-state index in [1.54, 1.807) is 0 Å². The van der Waals surface area contributed by atoms with Crippen LogP contribution in [0.5, 0.6) is 0 Å². The Morgan fingerprint density at radius 2 is 0.985 bits per heavy atom. The fourth-order valence-corrected chi connectivity index (χ4v) is 9.17. The average Bonchev–Trinajstić information content (AvgIpc) is 4.04. The lowest BCUT2D eigenvalue weighted by atomic mass is 9.98. The third-order valence-electron chi connectivity index (χ3n) is 12.4. The molecule has 0 amide bonds. The number of nitrogens with zero attached hydrogens (tertiary/aromatic N) is 2. The number of benzene rings is 9. The highest BCUT2D eigenvalue weighted by molar-refractivity contribution is 6.24. The van der Waals surface area contributed by atoms with Gasteiger partial charge in [0.2, 0.25) is 0 Å². The molecule has 0 saturated carbocycles. The van der Waals surface area contributed by atoms with Crippen molar-refractivity contribution in [1.29, 1.82) is 0 Å². The minimum Gasteiger partial charge on any atom is -0.455 e. The Hall–Kier alpha value is -8.47. The van der Waals surface area contributed by atoms with Gasteiger partial charge in [-0.2, -0.15) is 0 Å². The normalized spacial score (nSPS) is 11.8. The maximum absolute atomic E-state index is 6.86. The van der Waals surface area contributed by atoms with Crippen molar-refractivity contribution in [3.05, 3.63) is 236 Å². The summed E-state index contributed by atoms with van der Waals surface area (Å²) in [4.78, 5) is 4.54. The van der Waals surface area contributed by atoms with Crippen molar-refractivity contribution in [2.45, 2.75) is 13.8 Å². The molecule has 0 atom stereocenters. The molecule has 0 aliphatic rings. The molecule has 12 rings (SSSR count). The molecule has 4 nitrogen and oxygen atoms in total. The van der Waals surface area contributed by atoms with Gasteiger partial charge in [0, 0.05) is 49.5 Å². The van der Waals surface area contributed by atoms with Crippen molar-refractivity contribution < 1.29 is 8.83 Å². The number of aromatic nitrogens is 1. The van der Waals surface area contributed by atoms with Crippen molar-refractivity contribution in [3.8, 4) is 27.9 Å². The van der Waals surface area contributed by atoms with Crippen molar-refractivity contribution >= 4 is 82.7 Å². The molecule has 0 aliphatic carbocycles. The van der Waals surface area contributed by atoms with Crippen LogP contribution in [0, 0.1) is 0 Å². The lowest BCUT2D eigenvalue weighted by Crippen LogP contribution is -1.94. The Kier molecular flexibility index (Phi) is 9.90. The number of para-hydroxylation sites is 4. The van der Waals surface area contributed by atoms with Crippen molar-refractivity contribution in [1.82, 2.24) is 4.57 Å². The van der Waals surface area contributed by atoms with Crippen LogP contribution in [0.4, 0.5) is 0 Å². The number of rotatable bonds is 7. The molecule has 0 unspecified atom stereocenters. The van der Waals surface area contributed by atoms with Crippen LogP contribution >= 0.6 is 0 Å². The molecular formula is C61H44N2O2. The molecule has 0 fully saturated rings. The molecule has 65 heavy (non-hydrogen) atoms. The summed E-state index contributed by atoms with van der Waals surface area (Å²) in [5.41, 5.74) is 17.4. The predicted octanol–water partition coefficient (Wildman–Crippen LogP) is 17.1. The topological polar surface area (TPSA) is 43.6 Å². The summed E-state index contributed by atoms with van der Waals surface area (Å²) in [5.74, 6) is 0. The number of furan rings is 2. The molecular weight excluding hydrogens is 793 g/mol. The first-order valence-corrected chi connectivity index (χ1v) is 21.9. The van der Waals surface area contributed by atoms with Gasteiger partial charge in [-0.05, 0) is 84.1 Å². The van der Waals surface area contributed by atoms with Crippen LogP contribution in [0.15, 0.2) is 233 Å². The molecule has 9 aromatic carbocycles. The van der Waals surface area contributed by atoms with Gasteiger partial charge in [0.1, 0.15) is 22.3 Å². The second-order valence-corrected chi connectivity index (χ2v) is 16.5. The van der Waals surface area contributed by atoms with E-state index < -0.39 is 0 Å². The van der Waals surface area contributed by atoms with E-state index in [4.69, 9.17) is 8.83 Å². The maximum Gasteiger partial charge on any atom is 0.145 e. The van der Waals surface area contributed by atoms with E-state index in [2.05, 4.69) is 168 Å². The van der Waals surface area contributed by atoms with E-state index in [1.807, 2.05) is 74.5 Å². The monoisotopic (exact) mass is 836 g/mol. The summed E-state index contributed by atoms with van der Waals surface area (Å²) in [6.45, 7) is 12.2. The lowest BCUT2D eigenvalue weighted by molar-refractivity contribution is 0.671. The Bertz CT molecular complexity index is 3810. The van der Waals surface area contributed by atoms with E-state index in [9.17, 15) is 0 Å². The van der Waals surface area contributed by atoms with Crippen LogP contribution in [-0.2, 0) is 0 Å². The Labute approximate surface area is 377 Å². The smallest absolute Gasteiger partial charge is 0.145 e. The van der Waals surface area contributed by atoms with E-state index in [0.717, 1.165) is 127 Å². The van der Waals surface area contributed by atoms with E-state index in [0.29, 0.717) is 0 Å². The molecule has 0 aliphatic heterocycles. The van der Waals surface area contributed by atoms with Crippen molar-refractivity contribution in [2.24, 2.45) is 4.99 Å². The Balaban J connectivity index is 0.000000233. The molecule has 12 aromatic rings. The second kappa shape index (κ2) is 16.3. The van der Waals surface area contributed by atoms with Crippen LogP contribution in [0.2, 0.25) is 0 Å². The van der Waals surface area contributed by atoms with E-state index in [-0.39, 0.29) is 0 Å². The van der Waals surface area contributed by atoms with Gasteiger partial charge in [-0.15, -0.1) is 0 Å². The lowest BCUT2D eigenvalue weighted by Gasteiger charge is -2.09. The molecule has 0 saturated heterocycles. The largest absolute Gasteiger partial charge is 0.455 e. The summed E-state index contributed by atoms with van der Waals surface area (Å²) in [7, 11) is 0. The molecule has 0 spiro atoms. The highest BCUT2D eigenvalue weighted by atomic mass is 16.3. The summed E-state index contributed by atoms with van der Waals surface area (Å²) >= 11 is 0. The van der Waals surface area contributed by atoms with Crippen LogP contribution in [0.25, 0.3) is 105 Å². The summed E-state index contributed by atoms with van der Waals surface area (Å²) < 4.78 is 15.8. The number of hydrogen-bond acceptors (Lipinski definition) is 3. The third kappa shape index (κ3) is 7.02. The van der Waals surface area contributed by atoms with Gasteiger partial charge in [0.15, 0.2) is 0 Å². The van der Waals surface area contributed by atoms with Crippen molar-refractivity contribution in [3.63, 3.8) is 0 Å². The summed E-state index contributed by atoms with van der Waals surface area (Å²) in [6, 6.07) is 71.6. The van der Waals surface area contributed by atoms with Gasteiger partial charge in [0.05, 0.1) is 22.1 Å². The number of allylic oxidation sites excluding steroid dienone is 1. The SMILES string of the molecule is C=C(C)c1cccc(-c2cccc3c2oc2c(-c4ccc5c6c7oc8ccccc8c7ccc6n(-c6ccccc6)c5c4)cccc23)c1.C=C(N=C(C)c1ccccc1)c1ccccc1. The van der Waals surface area contributed by atoms with Crippen LogP contribution in [0.1, 0.15) is 30.5 Å². The zero-order valence-corrected chi connectivity index (χ0v) is 36.3. The van der Waals surface area contributed by atoms with Gasteiger partial charge < -0.3 is 13.4 Å². The number of aliphatic imine (C=N–C) groups is 1. The summed E-state index contributed by atoms with van der Waals surface area (Å²) in [6.07, 6.45) is 0. The van der Waals surface area contributed by atoms with Gasteiger partial charge in [-0.1, -0.05) is 183 Å². The number of hydrogen-bond donors (Lipinski definition) is 0. The van der Waals surface area contributed by atoms with Crippen molar-refractivity contribution in [2.75, 3.05) is 0 Å². The fraction of sp³-hybridized carbons (Fsp3) is 0.0328. The Morgan fingerprint density at radius 1 is 0.431 bits per heavy atom. The quantitative estimate of drug-likeness (QED) is 0.150. The minimum atomic E-state index is 0.798. The van der Waals surface area contributed by atoms with Gasteiger partial charge in [0.25, 0.3) is 0 Å². The molecule has 3 aromatic heterocycles. The molecule has 3 heterocycles. The van der Waals surface area contributed by atoms with Crippen LogP contribution in [-0.4, -0.2) is 10.3 Å². The minimum absolute atomic E-state index is 0.798. The van der Waals surface area contributed by atoms with Gasteiger partial charge in [-0.3, -0.25) is 4.99 Å². The summed E-state index contributed by atoms with van der Waals surface area (Å²) in [5, 5.41) is 6.75. The highest BCUT2D eigenvalue weighted by Crippen LogP contribution is 2.44. The zero-order chi connectivity index (χ0) is 44.0. The fourth-order valence-electron chi connectivity index (χ4n) is 9.17. The van der Waals surface area contributed by atoms with Gasteiger partial charge in [-0.25, -0.2) is 0 Å². The molecule has 0 N–H and O–H groups in total.